The average Bonchev–Trinajstić information content (AvgIpc) is 2.74. The first-order chi connectivity index (χ1) is 6.92. The molecule has 2 heterocycles. The maximum atomic E-state index is 4.78. The number of piperazine rings is 1. The molecule has 1 aromatic heterocycles. The minimum atomic E-state index is 0.316. The summed E-state index contributed by atoms with van der Waals surface area (Å²) in [5.74, 6) is 0.814. The second kappa shape index (κ2) is 4.52. The summed E-state index contributed by atoms with van der Waals surface area (Å²) in [5, 5.41) is 7.25. The summed E-state index contributed by atoms with van der Waals surface area (Å²) in [6, 6.07) is 0.316. The molecule has 1 aromatic rings. The largest absolute Gasteiger partial charge is 0.343 e. The van der Waals surface area contributed by atoms with Crippen LogP contribution in [0.5, 0.6) is 0 Å². The van der Waals surface area contributed by atoms with Crippen molar-refractivity contribution in [2.75, 3.05) is 26.2 Å². The molecule has 14 heavy (non-hydrogen) atoms. The van der Waals surface area contributed by atoms with E-state index in [0.717, 1.165) is 38.4 Å². The molecule has 5 nitrogen and oxygen atoms in total. The Bertz CT molecular complexity index is 256. The first-order valence-electron chi connectivity index (χ1n) is 5.13. The molecule has 0 saturated carbocycles. The van der Waals surface area contributed by atoms with Crippen LogP contribution < -0.4 is 5.32 Å². The normalized spacial score (nSPS) is 20.9. The van der Waals surface area contributed by atoms with Crippen molar-refractivity contribution in [3.05, 3.63) is 12.2 Å². The fourth-order valence-corrected chi connectivity index (χ4v) is 1.92. The van der Waals surface area contributed by atoms with E-state index in [-0.39, 0.29) is 0 Å². The van der Waals surface area contributed by atoms with Crippen molar-refractivity contribution >= 4 is 0 Å². The first kappa shape index (κ1) is 9.61. The van der Waals surface area contributed by atoms with Gasteiger partial charge in [-0.05, 0) is 6.42 Å². The van der Waals surface area contributed by atoms with Gasteiger partial charge >= 0.3 is 0 Å². The monoisotopic (exact) mass is 196 g/mol. The molecule has 1 aliphatic heterocycles. The van der Waals surface area contributed by atoms with Crippen LogP contribution in [0.4, 0.5) is 0 Å². The van der Waals surface area contributed by atoms with Crippen LogP contribution in [0.25, 0.3) is 0 Å². The van der Waals surface area contributed by atoms with Crippen LogP contribution in [0.15, 0.2) is 10.9 Å². The number of nitrogens with zero attached hydrogens (tertiary/aromatic N) is 3. The minimum absolute atomic E-state index is 0.316. The van der Waals surface area contributed by atoms with Gasteiger partial charge in [0.05, 0.1) is 6.04 Å². The van der Waals surface area contributed by atoms with Crippen LogP contribution in [0.2, 0.25) is 0 Å². The zero-order chi connectivity index (χ0) is 9.80. The van der Waals surface area contributed by atoms with E-state index < -0.39 is 0 Å². The highest BCUT2D eigenvalue weighted by molar-refractivity contribution is 4.92. The van der Waals surface area contributed by atoms with Crippen LogP contribution >= 0.6 is 0 Å². The topological polar surface area (TPSA) is 54.2 Å². The lowest BCUT2D eigenvalue weighted by molar-refractivity contribution is 0.160. The summed E-state index contributed by atoms with van der Waals surface area (Å²) in [5.41, 5.74) is 0. The molecule has 1 saturated heterocycles. The zero-order valence-electron chi connectivity index (χ0n) is 8.44. The van der Waals surface area contributed by atoms with Crippen molar-refractivity contribution in [3.8, 4) is 0 Å². The highest BCUT2D eigenvalue weighted by Crippen LogP contribution is 2.20. The molecule has 1 fully saturated rings. The van der Waals surface area contributed by atoms with Crippen molar-refractivity contribution < 1.29 is 4.52 Å². The van der Waals surface area contributed by atoms with E-state index in [1.165, 1.54) is 6.39 Å². The predicted octanol–water partition coefficient (Wildman–Crippen LogP) is 0.426. The lowest BCUT2D eigenvalue weighted by Gasteiger charge is -2.32. The molecule has 78 valence electrons. The molecule has 0 spiro atoms. The van der Waals surface area contributed by atoms with E-state index in [1.54, 1.807) is 0 Å². The molecule has 1 aliphatic rings. The van der Waals surface area contributed by atoms with Crippen molar-refractivity contribution in [1.82, 2.24) is 20.4 Å². The fourth-order valence-electron chi connectivity index (χ4n) is 1.92. The van der Waals surface area contributed by atoms with Gasteiger partial charge in [-0.15, -0.1) is 0 Å². The molecule has 2 rings (SSSR count). The van der Waals surface area contributed by atoms with Crippen molar-refractivity contribution in [2.24, 2.45) is 0 Å². The molecule has 0 aliphatic carbocycles. The molecule has 0 amide bonds. The van der Waals surface area contributed by atoms with Gasteiger partial charge in [0, 0.05) is 26.2 Å². The van der Waals surface area contributed by atoms with E-state index in [1.807, 2.05) is 0 Å². The summed E-state index contributed by atoms with van der Waals surface area (Å²) in [6.45, 7) is 6.38. The Morgan fingerprint density at radius 1 is 1.57 bits per heavy atom. The van der Waals surface area contributed by atoms with Crippen LogP contribution in [0.3, 0.4) is 0 Å². The molecular formula is C9H16N4O. The number of nitrogens with one attached hydrogen (secondary N) is 1. The fraction of sp³-hybridized carbons (Fsp3) is 0.778. The van der Waals surface area contributed by atoms with Gasteiger partial charge in [0.2, 0.25) is 6.39 Å². The Balaban J connectivity index is 2.04. The maximum Gasteiger partial charge on any atom is 0.213 e. The quantitative estimate of drug-likeness (QED) is 0.759. The summed E-state index contributed by atoms with van der Waals surface area (Å²) >= 11 is 0. The smallest absolute Gasteiger partial charge is 0.213 e. The van der Waals surface area contributed by atoms with E-state index in [4.69, 9.17) is 4.52 Å². The van der Waals surface area contributed by atoms with Crippen LogP contribution in [0.1, 0.15) is 25.2 Å². The molecular weight excluding hydrogens is 180 g/mol. The third kappa shape index (κ3) is 1.93. The molecule has 0 radical (unpaired) electrons. The van der Waals surface area contributed by atoms with Gasteiger partial charge in [-0.2, -0.15) is 4.98 Å². The van der Waals surface area contributed by atoms with Crippen LogP contribution in [-0.2, 0) is 0 Å². The van der Waals surface area contributed by atoms with Gasteiger partial charge in [0.15, 0.2) is 5.82 Å². The highest BCUT2D eigenvalue weighted by atomic mass is 16.5. The number of hydrogen-bond donors (Lipinski definition) is 1. The predicted molar refractivity (Wildman–Crippen MR) is 51.8 cm³/mol. The third-order valence-electron chi connectivity index (χ3n) is 2.66. The molecule has 5 heteroatoms. The summed E-state index contributed by atoms with van der Waals surface area (Å²) in [7, 11) is 0. The van der Waals surface area contributed by atoms with Crippen molar-refractivity contribution in [1.29, 1.82) is 0 Å². The SMILES string of the molecule is CCC(c1ncon1)N1CCNCC1. The lowest BCUT2D eigenvalue weighted by atomic mass is 10.1. The Kier molecular flexibility index (Phi) is 3.10. The van der Waals surface area contributed by atoms with Gasteiger partial charge in [-0.1, -0.05) is 12.1 Å². The standard InChI is InChI=1S/C9H16N4O/c1-2-8(9-11-7-14-12-9)13-5-3-10-4-6-13/h7-8,10H,2-6H2,1H3. The molecule has 0 bridgehead atoms. The Morgan fingerprint density at radius 2 is 2.36 bits per heavy atom. The van der Waals surface area contributed by atoms with Crippen molar-refractivity contribution in [2.45, 2.75) is 19.4 Å². The summed E-state index contributed by atoms with van der Waals surface area (Å²) < 4.78 is 4.78. The van der Waals surface area contributed by atoms with E-state index in [2.05, 4.69) is 27.3 Å². The van der Waals surface area contributed by atoms with Gasteiger partial charge in [-0.3, -0.25) is 4.90 Å². The zero-order valence-corrected chi connectivity index (χ0v) is 8.44. The van der Waals surface area contributed by atoms with E-state index in [0.29, 0.717) is 6.04 Å². The number of rotatable bonds is 3. The van der Waals surface area contributed by atoms with E-state index in [9.17, 15) is 0 Å². The van der Waals surface area contributed by atoms with Crippen molar-refractivity contribution in [3.63, 3.8) is 0 Å². The second-order valence-corrected chi connectivity index (χ2v) is 3.50. The Labute approximate surface area is 83.5 Å². The number of aromatic nitrogens is 2. The van der Waals surface area contributed by atoms with Gasteiger partial charge < -0.3 is 9.84 Å². The third-order valence-corrected chi connectivity index (χ3v) is 2.66. The molecule has 0 aromatic carbocycles. The average molecular weight is 196 g/mol. The van der Waals surface area contributed by atoms with Gasteiger partial charge in [0.25, 0.3) is 0 Å². The lowest BCUT2D eigenvalue weighted by Crippen LogP contribution is -2.45. The minimum Gasteiger partial charge on any atom is -0.343 e. The summed E-state index contributed by atoms with van der Waals surface area (Å²) in [4.78, 5) is 6.53. The Morgan fingerprint density at radius 3 is 2.93 bits per heavy atom. The first-order valence-corrected chi connectivity index (χ1v) is 5.13. The Hall–Kier alpha value is -0.940. The van der Waals surface area contributed by atoms with Gasteiger partial charge in [0.1, 0.15) is 0 Å². The molecule has 1 N–H and O–H groups in total. The summed E-state index contributed by atoms with van der Waals surface area (Å²) in [6.07, 6.45) is 2.43. The van der Waals surface area contributed by atoms with Gasteiger partial charge in [-0.25, -0.2) is 0 Å². The molecule has 1 unspecified atom stereocenters. The van der Waals surface area contributed by atoms with Crippen LogP contribution in [0, 0.1) is 0 Å². The highest BCUT2D eigenvalue weighted by Gasteiger charge is 2.23. The molecule has 1 atom stereocenters. The second-order valence-electron chi connectivity index (χ2n) is 3.50. The maximum absolute atomic E-state index is 4.78. The van der Waals surface area contributed by atoms with Crippen LogP contribution in [-0.4, -0.2) is 41.2 Å². The number of hydrogen-bond acceptors (Lipinski definition) is 5. The van der Waals surface area contributed by atoms with E-state index >= 15 is 0 Å².